The van der Waals surface area contributed by atoms with Crippen molar-refractivity contribution in [2.24, 2.45) is 0 Å². The van der Waals surface area contributed by atoms with Gasteiger partial charge in [-0.3, -0.25) is 0 Å². The number of nitrogens with one attached hydrogen (secondary N) is 1. The first kappa shape index (κ1) is 11.7. The maximum absolute atomic E-state index is 9.70. The fraction of sp³-hybridized carbons (Fsp3) is 0.500. The molecular weight excluding hydrogens is 318 g/mol. The number of rotatable bonds is 4. The topological polar surface area (TPSA) is 32.3 Å². The Morgan fingerprint density at radius 2 is 2.31 bits per heavy atom. The van der Waals surface area contributed by atoms with Crippen molar-refractivity contribution in [2.75, 3.05) is 13.1 Å². The Balaban J connectivity index is 2.60. The van der Waals surface area contributed by atoms with E-state index in [1.165, 1.54) is 0 Å². The van der Waals surface area contributed by atoms with Gasteiger partial charge in [0, 0.05) is 15.9 Å². The van der Waals surface area contributed by atoms with Gasteiger partial charge >= 0.3 is 0 Å². The summed E-state index contributed by atoms with van der Waals surface area (Å²) in [6.07, 6.45) is -0.410. The Labute approximate surface area is 98.6 Å². The molecule has 0 bridgehead atoms. The summed E-state index contributed by atoms with van der Waals surface area (Å²) >= 11 is 8.33. The fourth-order valence-electron chi connectivity index (χ4n) is 0.909. The van der Waals surface area contributed by atoms with Gasteiger partial charge in [-0.05, 0) is 44.5 Å². The highest BCUT2D eigenvalue weighted by molar-refractivity contribution is 9.13. The summed E-state index contributed by atoms with van der Waals surface area (Å²) in [6.45, 7) is 3.51. The summed E-state index contributed by atoms with van der Waals surface area (Å²) in [5.74, 6) is 0. The molecule has 0 amide bonds. The smallest absolute Gasteiger partial charge is 0.101 e. The van der Waals surface area contributed by atoms with Crippen LogP contribution in [0.25, 0.3) is 0 Å². The number of halogens is 2. The van der Waals surface area contributed by atoms with E-state index in [0.717, 1.165) is 19.7 Å². The van der Waals surface area contributed by atoms with Crippen molar-refractivity contribution in [3.63, 3.8) is 0 Å². The molecule has 0 saturated carbocycles. The van der Waals surface area contributed by atoms with Crippen LogP contribution in [0.3, 0.4) is 0 Å². The maximum atomic E-state index is 9.70. The third-order valence-corrected chi connectivity index (χ3v) is 4.94. The average Bonchev–Trinajstić information content (AvgIpc) is 2.43. The van der Waals surface area contributed by atoms with Crippen molar-refractivity contribution in [1.29, 1.82) is 0 Å². The molecule has 74 valence electrons. The normalized spacial score (nSPS) is 13.2. The molecule has 1 heterocycles. The minimum absolute atomic E-state index is 0.410. The fourth-order valence-corrected chi connectivity index (χ4v) is 2.98. The van der Waals surface area contributed by atoms with Crippen LogP contribution in [0.2, 0.25) is 0 Å². The van der Waals surface area contributed by atoms with Crippen LogP contribution in [0.5, 0.6) is 0 Å². The SMILES string of the molecule is CCNCC(O)c1cc(Br)c(Br)s1. The molecule has 1 atom stereocenters. The first-order valence-electron chi connectivity index (χ1n) is 3.98. The van der Waals surface area contributed by atoms with Crippen molar-refractivity contribution >= 4 is 43.2 Å². The third kappa shape index (κ3) is 3.32. The molecular formula is C8H11Br2NOS. The van der Waals surface area contributed by atoms with Gasteiger partial charge in [-0.15, -0.1) is 11.3 Å². The van der Waals surface area contributed by atoms with E-state index in [-0.39, 0.29) is 0 Å². The van der Waals surface area contributed by atoms with Gasteiger partial charge in [-0.1, -0.05) is 6.92 Å². The lowest BCUT2D eigenvalue weighted by Crippen LogP contribution is -2.20. The van der Waals surface area contributed by atoms with Crippen LogP contribution in [0, 0.1) is 0 Å². The molecule has 1 aromatic heterocycles. The van der Waals surface area contributed by atoms with E-state index < -0.39 is 6.10 Å². The molecule has 0 radical (unpaired) electrons. The second-order valence-electron chi connectivity index (χ2n) is 2.59. The molecule has 1 unspecified atom stereocenters. The van der Waals surface area contributed by atoms with Gasteiger partial charge < -0.3 is 10.4 Å². The van der Waals surface area contributed by atoms with E-state index in [1.807, 2.05) is 13.0 Å². The van der Waals surface area contributed by atoms with Gasteiger partial charge in [-0.2, -0.15) is 0 Å². The van der Waals surface area contributed by atoms with E-state index in [1.54, 1.807) is 11.3 Å². The Kier molecular flexibility index (Phi) is 4.89. The molecule has 0 fully saturated rings. The molecule has 0 aliphatic rings. The minimum Gasteiger partial charge on any atom is -0.386 e. The number of aliphatic hydroxyl groups excluding tert-OH is 1. The molecule has 0 spiro atoms. The highest BCUT2D eigenvalue weighted by atomic mass is 79.9. The number of thiophene rings is 1. The summed E-state index contributed by atoms with van der Waals surface area (Å²) in [4.78, 5) is 0.972. The summed E-state index contributed by atoms with van der Waals surface area (Å²) in [5.41, 5.74) is 0. The molecule has 1 rings (SSSR count). The van der Waals surface area contributed by atoms with E-state index in [0.29, 0.717) is 6.54 Å². The van der Waals surface area contributed by atoms with Gasteiger partial charge in [0.05, 0.1) is 3.79 Å². The van der Waals surface area contributed by atoms with Crippen LogP contribution in [0.1, 0.15) is 17.9 Å². The Hall–Kier alpha value is 0.580. The number of hydrogen-bond donors (Lipinski definition) is 2. The summed E-state index contributed by atoms with van der Waals surface area (Å²) in [7, 11) is 0. The highest BCUT2D eigenvalue weighted by Gasteiger charge is 2.11. The number of likely N-dealkylation sites (N-methyl/N-ethyl adjacent to an activating group) is 1. The second-order valence-corrected chi connectivity index (χ2v) is 5.85. The highest BCUT2D eigenvalue weighted by Crippen LogP contribution is 2.35. The predicted molar refractivity (Wildman–Crippen MR) is 63.2 cm³/mol. The van der Waals surface area contributed by atoms with Crippen LogP contribution in [-0.4, -0.2) is 18.2 Å². The van der Waals surface area contributed by atoms with Gasteiger partial charge in [0.2, 0.25) is 0 Å². The quantitative estimate of drug-likeness (QED) is 0.890. The summed E-state index contributed by atoms with van der Waals surface area (Å²) < 4.78 is 2.03. The van der Waals surface area contributed by atoms with Crippen LogP contribution < -0.4 is 5.32 Å². The van der Waals surface area contributed by atoms with E-state index >= 15 is 0 Å². The standard InChI is InChI=1S/C8H11Br2NOS/c1-2-11-4-6(12)7-3-5(9)8(10)13-7/h3,6,11-12H,2,4H2,1H3. The van der Waals surface area contributed by atoms with Gasteiger partial charge in [0.25, 0.3) is 0 Å². The second kappa shape index (κ2) is 5.46. The first-order valence-corrected chi connectivity index (χ1v) is 6.39. The van der Waals surface area contributed by atoms with Gasteiger partial charge in [0.15, 0.2) is 0 Å². The lowest BCUT2D eigenvalue weighted by molar-refractivity contribution is 0.179. The zero-order chi connectivity index (χ0) is 9.84. The Morgan fingerprint density at radius 1 is 1.62 bits per heavy atom. The maximum Gasteiger partial charge on any atom is 0.101 e. The molecule has 5 heteroatoms. The number of hydrogen-bond acceptors (Lipinski definition) is 3. The average molecular weight is 329 g/mol. The van der Waals surface area contributed by atoms with Crippen molar-refractivity contribution in [1.82, 2.24) is 5.32 Å². The summed E-state index contributed by atoms with van der Waals surface area (Å²) in [6, 6.07) is 1.94. The van der Waals surface area contributed by atoms with E-state index in [9.17, 15) is 5.11 Å². The monoisotopic (exact) mass is 327 g/mol. The van der Waals surface area contributed by atoms with Crippen molar-refractivity contribution in [2.45, 2.75) is 13.0 Å². The molecule has 2 nitrogen and oxygen atoms in total. The molecule has 0 saturated heterocycles. The van der Waals surface area contributed by atoms with Crippen LogP contribution in [0.4, 0.5) is 0 Å². The first-order chi connectivity index (χ1) is 6.15. The largest absolute Gasteiger partial charge is 0.386 e. The Morgan fingerprint density at radius 3 is 2.77 bits per heavy atom. The molecule has 1 aromatic rings. The van der Waals surface area contributed by atoms with Crippen LogP contribution in [-0.2, 0) is 0 Å². The molecule has 2 N–H and O–H groups in total. The zero-order valence-corrected chi connectivity index (χ0v) is 11.2. The third-order valence-electron chi connectivity index (χ3n) is 1.58. The molecule has 0 aliphatic heterocycles. The van der Waals surface area contributed by atoms with E-state index in [2.05, 4.69) is 37.2 Å². The van der Waals surface area contributed by atoms with Gasteiger partial charge in [0.1, 0.15) is 6.10 Å². The van der Waals surface area contributed by atoms with Crippen LogP contribution >= 0.6 is 43.2 Å². The lowest BCUT2D eigenvalue weighted by atomic mass is 10.3. The van der Waals surface area contributed by atoms with E-state index in [4.69, 9.17) is 0 Å². The lowest BCUT2D eigenvalue weighted by Gasteiger charge is -2.07. The Bertz CT molecular complexity index is 258. The van der Waals surface area contributed by atoms with Crippen molar-refractivity contribution < 1.29 is 5.11 Å². The van der Waals surface area contributed by atoms with Crippen molar-refractivity contribution in [3.8, 4) is 0 Å². The zero-order valence-electron chi connectivity index (χ0n) is 7.18. The van der Waals surface area contributed by atoms with Gasteiger partial charge in [-0.25, -0.2) is 0 Å². The minimum atomic E-state index is -0.410. The molecule has 13 heavy (non-hydrogen) atoms. The predicted octanol–water partition coefficient (Wildman–Crippen LogP) is 2.92. The molecule has 0 aliphatic carbocycles. The van der Waals surface area contributed by atoms with Crippen LogP contribution in [0.15, 0.2) is 14.3 Å². The molecule has 0 aromatic carbocycles. The van der Waals surface area contributed by atoms with Crippen molar-refractivity contribution in [3.05, 3.63) is 19.2 Å². The number of aliphatic hydroxyl groups is 1. The summed E-state index contributed by atoms with van der Waals surface area (Å²) in [5, 5.41) is 12.8.